The van der Waals surface area contributed by atoms with Crippen LogP contribution in [0, 0.1) is 0 Å². The van der Waals surface area contributed by atoms with Crippen LogP contribution in [-0.2, 0) is 17.8 Å². The molecule has 1 amide bonds. The van der Waals surface area contributed by atoms with Crippen molar-refractivity contribution in [2.24, 2.45) is 5.73 Å². The van der Waals surface area contributed by atoms with Crippen LogP contribution in [0.15, 0.2) is 29.6 Å². The molecule has 7 heteroatoms. The molecule has 0 radical (unpaired) electrons. The standard InChI is InChI=1S/C18H24N4O2S/c1-12-8-22(9-13(2)24-12)10-16-11-25-18(20-16)21-17(23)15-5-3-14(7-19)4-6-15/h3-6,11-13H,7-10,19H2,1-2H3,(H,20,21,23). The first kappa shape index (κ1) is 18.0. The number of nitrogens with zero attached hydrogens (tertiary/aromatic N) is 2. The molecule has 0 saturated carbocycles. The Labute approximate surface area is 152 Å². The third-order valence-electron chi connectivity index (χ3n) is 4.10. The zero-order chi connectivity index (χ0) is 17.8. The molecule has 1 saturated heterocycles. The highest BCUT2D eigenvalue weighted by molar-refractivity contribution is 7.13. The molecule has 3 N–H and O–H groups in total. The van der Waals surface area contributed by atoms with Crippen molar-refractivity contribution in [3.05, 3.63) is 46.5 Å². The van der Waals surface area contributed by atoms with Gasteiger partial charge < -0.3 is 10.5 Å². The van der Waals surface area contributed by atoms with E-state index in [4.69, 9.17) is 10.5 Å². The van der Waals surface area contributed by atoms with Gasteiger partial charge >= 0.3 is 0 Å². The molecule has 2 heterocycles. The number of amides is 1. The lowest BCUT2D eigenvalue weighted by atomic mass is 10.1. The first-order chi connectivity index (χ1) is 12.0. The van der Waals surface area contributed by atoms with Gasteiger partial charge in [0.15, 0.2) is 5.13 Å². The monoisotopic (exact) mass is 360 g/mol. The molecule has 134 valence electrons. The van der Waals surface area contributed by atoms with E-state index >= 15 is 0 Å². The third kappa shape index (κ3) is 4.85. The molecule has 1 fully saturated rings. The minimum atomic E-state index is -0.155. The van der Waals surface area contributed by atoms with Gasteiger partial charge in [0.25, 0.3) is 5.91 Å². The fourth-order valence-corrected chi connectivity index (χ4v) is 3.74. The van der Waals surface area contributed by atoms with Crippen molar-refractivity contribution < 1.29 is 9.53 Å². The number of aromatic nitrogens is 1. The predicted octanol–water partition coefficient (Wildman–Crippen LogP) is 2.46. The number of hydrogen-bond acceptors (Lipinski definition) is 6. The van der Waals surface area contributed by atoms with Crippen molar-refractivity contribution in [1.82, 2.24) is 9.88 Å². The van der Waals surface area contributed by atoms with E-state index in [1.165, 1.54) is 11.3 Å². The molecule has 2 aromatic rings. The first-order valence-corrected chi connectivity index (χ1v) is 9.34. The number of anilines is 1. The molecular formula is C18H24N4O2S. The van der Waals surface area contributed by atoms with Crippen molar-refractivity contribution >= 4 is 22.4 Å². The van der Waals surface area contributed by atoms with Crippen LogP contribution in [0.4, 0.5) is 5.13 Å². The quantitative estimate of drug-likeness (QED) is 0.856. The molecule has 3 rings (SSSR count). The highest BCUT2D eigenvalue weighted by Gasteiger charge is 2.22. The van der Waals surface area contributed by atoms with Crippen LogP contribution in [0.1, 0.15) is 35.5 Å². The summed E-state index contributed by atoms with van der Waals surface area (Å²) in [4.78, 5) is 19.2. The van der Waals surface area contributed by atoms with Gasteiger partial charge in [-0.05, 0) is 31.5 Å². The van der Waals surface area contributed by atoms with E-state index in [2.05, 4.69) is 29.0 Å². The predicted molar refractivity (Wildman–Crippen MR) is 99.7 cm³/mol. The zero-order valence-electron chi connectivity index (χ0n) is 14.6. The highest BCUT2D eigenvalue weighted by atomic mass is 32.1. The van der Waals surface area contributed by atoms with E-state index in [0.29, 0.717) is 17.2 Å². The van der Waals surface area contributed by atoms with Gasteiger partial charge in [0.1, 0.15) is 0 Å². The number of hydrogen-bond donors (Lipinski definition) is 2. The molecule has 2 unspecified atom stereocenters. The lowest BCUT2D eigenvalue weighted by Crippen LogP contribution is -2.44. The Balaban J connectivity index is 1.58. The van der Waals surface area contributed by atoms with Gasteiger partial charge in [-0.25, -0.2) is 4.98 Å². The van der Waals surface area contributed by atoms with Crippen LogP contribution >= 0.6 is 11.3 Å². The Kier molecular flexibility index (Phi) is 5.80. The maximum absolute atomic E-state index is 12.3. The average Bonchev–Trinajstić information content (AvgIpc) is 3.00. The van der Waals surface area contributed by atoms with Gasteiger partial charge in [-0.2, -0.15) is 0 Å². The minimum Gasteiger partial charge on any atom is -0.373 e. The molecule has 1 aliphatic heterocycles. The minimum absolute atomic E-state index is 0.155. The van der Waals surface area contributed by atoms with E-state index in [-0.39, 0.29) is 18.1 Å². The van der Waals surface area contributed by atoms with E-state index in [1.807, 2.05) is 17.5 Å². The molecular weight excluding hydrogens is 336 g/mol. The summed E-state index contributed by atoms with van der Waals surface area (Å²) in [6.45, 7) is 7.22. The number of nitrogens with one attached hydrogen (secondary N) is 1. The molecule has 25 heavy (non-hydrogen) atoms. The number of thiazole rings is 1. The van der Waals surface area contributed by atoms with Crippen LogP contribution in [-0.4, -0.2) is 41.1 Å². The molecule has 1 aromatic carbocycles. The van der Waals surface area contributed by atoms with Gasteiger partial charge in [-0.15, -0.1) is 11.3 Å². The number of carbonyl (C=O) groups excluding carboxylic acids is 1. The van der Waals surface area contributed by atoms with Crippen LogP contribution < -0.4 is 11.1 Å². The van der Waals surface area contributed by atoms with Gasteiger partial charge in [-0.1, -0.05) is 12.1 Å². The summed E-state index contributed by atoms with van der Waals surface area (Å²) in [6, 6.07) is 7.29. The van der Waals surface area contributed by atoms with Gasteiger partial charge in [0.2, 0.25) is 0 Å². The van der Waals surface area contributed by atoms with Crippen LogP contribution in [0.2, 0.25) is 0 Å². The number of rotatable bonds is 5. The summed E-state index contributed by atoms with van der Waals surface area (Å²) < 4.78 is 5.75. The zero-order valence-corrected chi connectivity index (χ0v) is 15.4. The SMILES string of the molecule is CC1CN(Cc2csc(NC(=O)c3ccc(CN)cc3)n2)CC(C)O1. The summed E-state index contributed by atoms with van der Waals surface area (Å²) >= 11 is 1.45. The number of ether oxygens (including phenoxy) is 1. The van der Waals surface area contributed by atoms with Gasteiger partial charge in [0.05, 0.1) is 17.9 Å². The second kappa shape index (κ2) is 8.05. The van der Waals surface area contributed by atoms with Crippen LogP contribution in [0.5, 0.6) is 0 Å². The second-order valence-electron chi connectivity index (χ2n) is 6.45. The van der Waals surface area contributed by atoms with Crippen LogP contribution in [0.3, 0.4) is 0 Å². The van der Waals surface area contributed by atoms with Crippen LogP contribution in [0.25, 0.3) is 0 Å². The topological polar surface area (TPSA) is 80.5 Å². The van der Waals surface area contributed by atoms with Crippen molar-refractivity contribution in [1.29, 1.82) is 0 Å². The normalized spacial score (nSPS) is 21.2. The number of carbonyl (C=O) groups is 1. The second-order valence-corrected chi connectivity index (χ2v) is 7.31. The number of morpholine rings is 1. The summed E-state index contributed by atoms with van der Waals surface area (Å²) in [5, 5.41) is 5.49. The molecule has 1 aromatic heterocycles. The third-order valence-corrected chi connectivity index (χ3v) is 4.91. The van der Waals surface area contributed by atoms with Crippen molar-refractivity contribution in [2.45, 2.75) is 39.1 Å². The average molecular weight is 360 g/mol. The molecule has 2 atom stereocenters. The largest absolute Gasteiger partial charge is 0.373 e. The molecule has 0 aliphatic carbocycles. The Bertz CT molecular complexity index is 706. The van der Waals surface area contributed by atoms with Gasteiger partial charge in [-0.3, -0.25) is 15.0 Å². The summed E-state index contributed by atoms with van der Waals surface area (Å²) in [5.74, 6) is -0.155. The molecule has 1 aliphatic rings. The summed E-state index contributed by atoms with van der Waals surface area (Å²) in [5.41, 5.74) is 8.15. The highest BCUT2D eigenvalue weighted by Crippen LogP contribution is 2.20. The number of benzene rings is 1. The maximum atomic E-state index is 12.3. The Morgan fingerprint density at radius 2 is 2.00 bits per heavy atom. The Hall–Kier alpha value is -1.80. The Morgan fingerprint density at radius 1 is 1.32 bits per heavy atom. The lowest BCUT2D eigenvalue weighted by molar-refractivity contribution is -0.0707. The maximum Gasteiger partial charge on any atom is 0.257 e. The number of nitrogens with two attached hydrogens (primary N) is 1. The smallest absolute Gasteiger partial charge is 0.257 e. The van der Waals surface area contributed by atoms with Gasteiger partial charge in [0, 0.05) is 37.1 Å². The first-order valence-electron chi connectivity index (χ1n) is 8.46. The fraction of sp³-hybridized carbons (Fsp3) is 0.444. The van der Waals surface area contributed by atoms with Crippen molar-refractivity contribution in [3.8, 4) is 0 Å². The fourth-order valence-electron chi connectivity index (χ4n) is 3.04. The van der Waals surface area contributed by atoms with Crippen molar-refractivity contribution in [2.75, 3.05) is 18.4 Å². The summed E-state index contributed by atoms with van der Waals surface area (Å²) in [6.07, 6.45) is 0.469. The lowest BCUT2D eigenvalue weighted by Gasteiger charge is -2.34. The van der Waals surface area contributed by atoms with Crippen molar-refractivity contribution in [3.63, 3.8) is 0 Å². The van der Waals surface area contributed by atoms with E-state index in [9.17, 15) is 4.79 Å². The van der Waals surface area contributed by atoms with E-state index in [0.717, 1.165) is 30.9 Å². The van der Waals surface area contributed by atoms with E-state index < -0.39 is 0 Å². The molecule has 0 bridgehead atoms. The Morgan fingerprint density at radius 3 is 2.64 bits per heavy atom. The summed E-state index contributed by atoms with van der Waals surface area (Å²) in [7, 11) is 0. The van der Waals surface area contributed by atoms with E-state index in [1.54, 1.807) is 12.1 Å². The molecule has 0 spiro atoms. The molecule has 6 nitrogen and oxygen atoms in total.